The number of carbonyl (C=O) groups is 2. The minimum absolute atomic E-state index is 0.0439. The van der Waals surface area contributed by atoms with Crippen LogP contribution in [0.2, 0.25) is 0 Å². The summed E-state index contributed by atoms with van der Waals surface area (Å²) in [4.78, 5) is 27.4. The summed E-state index contributed by atoms with van der Waals surface area (Å²) < 4.78 is 19.8. The topological polar surface area (TPSA) is 58.6 Å². The Morgan fingerprint density at radius 2 is 1.84 bits per heavy atom. The number of halogens is 1. The normalized spacial score (nSPS) is 25.5. The second kappa shape index (κ2) is 9.02. The van der Waals surface area contributed by atoms with Crippen LogP contribution in [0.5, 0.6) is 0 Å². The van der Waals surface area contributed by atoms with E-state index in [1.165, 1.54) is 31.0 Å². The number of hydrogen-bond acceptors (Lipinski definition) is 3. The van der Waals surface area contributed by atoms with Crippen molar-refractivity contribution in [3.8, 4) is 0 Å². The van der Waals surface area contributed by atoms with Gasteiger partial charge in [0.2, 0.25) is 5.91 Å². The van der Waals surface area contributed by atoms with Gasteiger partial charge in [-0.2, -0.15) is 0 Å². The van der Waals surface area contributed by atoms with E-state index < -0.39 is 5.82 Å². The standard InChI is InChI=1S/C26H29FN2O3/c27-21-9-3-8-19(13-21)25(30)28-22-10-4-7-18(14-22)24-15-20-16-29(12-11-23(20)32-24)26(31)17-5-1-2-6-17/h3-4,7-10,13-14,17,20,23-24H,1-2,5-6,11-12,15-16H2,(H,28,30). The number of fused-ring (bicyclic) bond motifs is 1. The number of hydrogen-bond donors (Lipinski definition) is 1. The first kappa shape index (κ1) is 21.1. The quantitative estimate of drug-likeness (QED) is 0.738. The van der Waals surface area contributed by atoms with Crippen LogP contribution < -0.4 is 5.32 Å². The summed E-state index contributed by atoms with van der Waals surface area (Å²) >= 11 is 0. The second-order valence-corrected chi connectivity index (χ2v) is 9.30. The van der Waals surface area contributed by atoms with Crippen molar-refractivity contribution in [2.45, 2.75) is 50.7 Å². The van der Waals surface area contributed by atoms with Gasteiger partial charge in [0.15, 0.2) is 0 Å². The largest absolute Gasteiger partial charge is 0.370 e. The van der Waals surface area contributed by atoms with Crippen molar-refractivity contribution in [3.63, 3.8) is 0 Å². The molecule has 5 rings (SSSR count). The molecule has 1 N–H and O–H groups in total. The van der Waals surface area contributed by atoms with Crippen molar-refractivity contribution < 1.29 is 18.7 Å². The highest BCUT2D eigenvalue weighted by molar-refractivity contribution is 6.04. The van der Waals surface area contributed by atoms with Gasteiger partial charge in [0, 0.05) is 36.2 Å². The summed E-state index contributed by atoms with van der Waals surface area (Å²) in [7, 11) is 0. The van der Waals surface area contributed by atoms with E-state index in [9.17, 15) is 14.0 Å². The van der Waals surface area contributed by atoms with E-state index in [1.807, 2.05) is 24.3 Å². The summed E-state index contributed by atoms with van der Waals surface area (Å²) in [6.07, 6.45) is 6.32. The minimum atomic E-state index is -0.436. The Hall–Kier alpha value is -2.73. The molecule has 2 aliphatic heterocycles. The number of benzene rings is 2. The molecule has 0 aromatic heterocycles. The molecule has 3 unspecified atom stereocenters. The van der Waals surface area contributed by atoms with Crippen molar-refractivity contribution in [2.24, 2.45) is 11.8 Å². The van der Waals surface area contributed by atoms with Gasteiger partial charge in [-0.25, -0.2) is 4.39 Å². The predicted molar refractivity (Wildman–Crippen MR) is 120 cm³/mol. The highest BCUT2D eigenvalue weighted by Crippen LogP contribution is 2.42. The molecule has 3 aliphatic rings. The molecule has 5 nitrogen and oxygen atoms in total. The maximum Gasteiger partial charge on any atom is 0.255 e. The van der Waals surface area contributed by atoms with Gasteiger partial charge >= 0.3 is 0 Å². The van der Waals surface area contributed by atoms with Crippen LogP contribution in [0, 0.1) is 17.7 Å². The van der Waals surface area contributed by atoms with E-state index in [0.717, 1.165) is 44.3 Å². The van der Waals surface area contributed by atoms with E-state index >= 15 is 0 Å². The Labute approximate surface area is 187 Å². The molecule has 0 spiro atoms. The molecule has 2 amide bonds. The molecule has 32 heavy (non-hydrogen) atoms. The number of likely N-dealkylation sites (tertiary alicyclic amines) is 1. The lowest BCUT2D eigenvalue weighted by Gasteiger charge is -2.35. The van der Waals surface area contributed by atoms with E-state index in [2.05, 4.69) is 10.2 Å². The van der Waals surface area contributed by atoms with Crippen LogP contribution in [0.1, 0.15) is 60.6 Å². The van der Waals surface area contributed by atoms with Crippen LogP contribution in [-0.2, 0) is 9.53 Å². The van der Waals surface area contributed by atoms with Gasteiger partial charge in [-0.15, -0.1) is 0 Å². The van der Waals surface area contributed by atoms with Crippen molar-refractivity contribution in [3.05, 3.63) is 65.5 Å². The Kier molecular flexibility index (Phi) is 5.96. The van der Waals surface area contributed by atoms with Crippen LogP contribution in [0.4, 0.5) is 10.1 Å². The van der Waals surface area contributed by atoms with E-state index in [4.69, 9.17) is 4.74 Å². The molecule has 3 fully saturated rings. The summed E-state index contributed by atoms with van der Waals surface area (Å²) in [5.41, 5.74) is 1.96. The van der Waals surface area contributed by atoms with Gasteiger partial charge in [0.1, 0.15) is 5.82 Å². The van der Waals surface area contributed by atoms with Crippen LogP contribution in [0.25, 0.3) is 0 Å². The number of anilines is 1. The lowest BCUT2D eigenvalue weighted by atomic mass is 9.90. The Bertz CT molecular complexity index is 1000. The lowest BCUT2D eigenvalue weighted by Crippen LogP contribution is -2.46. The number of piperidine rings is 1. The monoisotopic (exact) mass is 436 g/mol. The number of ether oxygens (including phenoxy) is 1. The number of rotatable bonds is 4. The molecule has 1 aliphatic carbocycles. The van der Waals surface area contributed by atoms with Crippen molar-refractivity contribution in [1.82, 2.24) is 4.90 Å². The van der Waals surface area contributed by atoms with Gasteiger partial charge < -0.3 is 15.0 Å². The Morgan fingerprint density at radius 1 is 1.03 bits per heavy atom. The molecule has 6 heteroatoms. The zero-order valence-corrected chi connectivity index (χ0v) is 18.1. The van der Waals surface area contributed by atoms with Gasteiger partial charge in [-0.3, -0.25) is 9.59 Å². The van der Waals surface area contributed by atoms with Crippen LogP contribution >= 0.6 is 0 Å². The molecule has 3 atom stereocenters. The molecule has 1 saturated carbocycles. The maximum absolute atomic E-state index is 13.4. The predicted octanol–water partition coefficient (Wildman–Crippen LogP) is 4.95. The fraction of sp³-hybridized carbons (Fsp3) is 0.462. The van der Waals surface area contributed by atoms with E-state index in [1.54, 1.807) is 6.07 Å². The zero-order chi connectivity index (χ0) is 22.1. The third-order valence-electron chi connectivity index (χ3n) is 7.14. The Balaban J connectivity index is 1.23. The number of carbonyl (C=O) groups excluding carboxylic acids is 2. The molecule has 0 bridgehead atoms. The molecule has 2 aromatic carbocycles. The Morgan fingerprint density at radius 3 is 2.66 bits per heavy atom. The maximum atomic E-state index is 13.4. The minimum Gasteiger partial charge on any atom is -0.370 e. The summed E-state index contributed by atoms with van der Waals surface area (Å²) in [6.45, 7) is 1.57. The molecule has 168 valence electrons. The third-order valence-corrected chi connectivity index (χ3v) is 7.14. The first-order chi connectivity index (χ1) is 15.6. The summed E-state index contributed by atoms with van der Waals surface area (Å²) in [5, 5.41) is 2.85. The van der Waals surface area contributed by atoms with Crippen LogP contribution in [0.15, 0.2) is 48.5 Å². The molecule has 0 radical (unpaired) electrons. The number of nitrogens with zero attached hydrogens (tertiary/aromatic N) is 1. The highest BCUT2D eigenvalue weighted by atomic mass is 19.1. The van der Waals surface area contributed by atoms with Gasteiger partial charge in [0.25, 0.3) is 5.91 Å². The average molecular weight is 437 g/mol. The fourth-order valence-electron chi connectivity index (χ4n) is 5.45. The number of amides is 2. The van der Waals surface area contributed by atoms with Crippen LogP contribution in [0.3, 0.4) is 0 Å². The molecule has 2 saturated heterocycles. The van der Waals surface area contributed by atoms with Gasteiger partial charge in [-0.1, -0.05) is 31.0 Å². The number of nitrogens with one attached hydrogen (secondary N) is 1. The molecule has 2 heterocycles. The summed E-state index contributed by atoms with van der Waals surface area (Å²) in [6, 6.07) is 13.3. The van der Waals surface area contributed by atoms with Crippen molar-refractivity contribution >= 4 is 17.5 Å². The molecule has 2 aromatic rings. The second-order valence-electron chi connectivity index (χ2n) is 9.30. The zero-order valence-electron chi connectivity index (χ0n) is 18.1. The van der Waals surface area contributed by atoms with Gasteiger partial charge in [0.05, 0.1) is 12.2 Å². The van der Waals surface area contributed by atoms with Crippen LogP contribution in [-0.4, -0.2) is 35.9 Å². The fourth-order valence-corrected chi connectivity index (χ4v) is 5.45. The highest BCUT2D eigenvalue weighted by Gasteiger charge is 2.41. The lowest BCUT2D eigenvalue weighted by molar-refractivity contribution is -0.138. The SMILES string of the molecule is O=C(Nc1cccc(C2CC3CN(C(=O)C4CCCC4)CCC3O2)c1)c1cccc(F)c1. The van der Waals surface area contributed by atoms with Gasteiger partial charge in [-0.05, 0) is 61.6 Å². The van der Waals surface area contributed by atoms with E-state index in [0.29, 0.717) is 17.5 Å². The first-order valence-electron chi connectivity index (χ1n) is 11.7. The average Bonchev–Trinajstić information content (AvgIpc) is 3.48. The van der Waals surface area contributed by atoms with E-state index in [-0.39, 0.29) is 29.6 Å². The first-order valence-corrected chi connectivity index (χ1v) is 11.7. The smallest absolute Gasteiger partial charge is 0.255 e. The molecular weight excluding hydrogens is 407 g/mol. The van der Waals surface area contributed by atoms with Crippen molar-refractivity contribution in [2.75, 3.05) is 18.4 Å². The third kappa shape index (κ3) is 4.42. The molecular formula is C26H29FN2O3. The van der Waals surface area contributed by atoms with Crippen molar-refractivity contribution in [1.29, 1.82) is 0 Å². The summed E-state index contributed by atoms with van der Waals surface area (Å²) in [5.74, 6) is 0.136.